The Hall–Kier alpha value is -2.84. The fraction of sp³-hybridized carbons (Fsp3) is 0.556. The number of guanidine groups is 1. The molecule has 0 fully saturated rings. The molecule has 9 nitrogen and oxygen atoms in total. The topological polar surface area (TPSA) is 117 Å². The van der Waals surface area contributed by atoms with E-state index in [4.69, 9.17) is 4.74 Å². The molecule has 1 aromatic rings. The van der Waals surface area contributed by atoms with Crippen LogP contribution in [0, 0.1) is 0 Å². The molecule has 1 rings (SSSR count). The van der Waals surface area contributed by atoms with Crippen molar-refractivity contribution in [2.24, 2.45) is 4.99 Å². The summed E-state index contributed by atoms with van der Waals surface area (Å²) in [4.78, 5) is 31.8. The van der Waals surface area contributed by atoms with Crippen LogP contribution in [0.5, 0.6) is 0 Å². The van der Waals surface area contributed by atoms with E-state index in [0.29, 0.717) is 44.2 Å². The number of hydrogen-bond acceptors (Lipinski definition) is 5. The van der Waals surface area contributed by atoms with E-state index in [9.17, 15) is 9.59 Å². The Kier molecular flexibility index (Phi) is 9.63. The predicted octanol–water partition coefficient (Wildman–Crippen LogP) is 0.891. The third kappa shape index (κ3) is 10.7. The highest BCUT2D eigenvalue weighted by Gasteiger charge is 2.15. The van der Waals surface area contributed by atoms with Gasteiger partial charge in [-0.25, -0.2) is 4.79 Å². The summed E-state index contributed by atoms with van der Waals surface area (Å²) in [6, 6.07) is 3.42. The van der Waals surface area contributed by atoms with Crippen LogP contribution in [-0.2, 0) is 4.74 Å². The van der Waals surface area contributed by atoms with E-state index in [1.807, 2.05) is 27.7 Å². The van der Waals surface area contributed by atoms with Crippen molar-refractivity contribution in [3.05, 3.63) is 30.1 Å². The number of nitrogens with zero attached hydrogens (tertiary/aromatic N) is 2. The number of carbonyl (C=O) groups is 2. The SMILES string of the molecule is CCNC(=NCCNC(=O)c1cccnc1)NCCNC(=O)OC(C)(C)C. The molecule has 0 saturated heterocycles. The van der Waals surface area contributed by atoms with Crippen LogP contribution in [-0.4, -0.2) is 61.3 Å². The lowest BCUT2D eigenvalue weighted by molar-refractivity contribution is 0.0528. The number of rotatable bonds is 8. The first-order valence-corrected chi connectivity index (χ1v) is 8.99. The van der Waals surface area contributed by atoms with Crippen molar-refractivity contribution >= 4 is 18.0 Å². The second kappa shape index (κ2) is 11.7. The number of carbonyl (C=O) groups excluding carboxylic acids is 2. The van der Waals surface area contributed by atoms with Gasteiger partial charge in [-0.1, -0.05) is 0 Å². The van der Waals surface area contributed by atoms with Gasteiger partial charge in [-0.15, -0.1) is 0 Å². The van der Waals surface area contributed by atoms with Crippen LogP contribution in [0.3, 0.4) is 0 Å². The summed E-state index contributed by atoms with van der Waals surface area (Å²) in [7, 11) is 0. The highest BCUT2D eigenvalue weighted by atomic mass is 16.6. The van der Waals surface area contributed by atoms with Crippen LogP contribution in [0.25, 0.3) is 0 Å². The van der Waals surface area contributed by atoms with E-state index < -0.39 is 11.7 Å². The average molecular weight is 378 g/mol. The van der Waals surface area contributed by atoms with Crippen molar-refractivity contribution in [2.45, 2.75) is 33.3 Å². The highest BCUT2D eigenvalue weighted by molar-refractivity contribution is 5.93. The van der Waals surface area contributed by atoms with E-state index >= 15 is 0 Å². The van der Waals surface area contributed by atoms with Gasteiger partial charge in [-0.3, -0.25) is 14.8 Å². The van der Waals surface area contributed by atoms with Crippen LogP contribution in [0.4, 0.5) is 4.79 Å². The largest absolute Gasteiger partial charge is 0.444 e. The number of pyridine rings is 1. The number of ether oxygens (including phenoxy) is 1. The lowest BCUT2D eigenvalue weighted by atomic mass is 10.2. The Morgan fingerprint density at radius 1 is 1.11 bits per heavy atom. The van der Waals surface area contributed by atoms with Crippen LogP contribution < -0.4 is 21.3 Å². The minimum Gasteiger partial charge on any atom is -0.444 e. The number of hydrogen-bond donors (Lipinski definition) is 4. The molecule has 9 heteroatoms. The van der Waals surface area contributed by atoms with Crippen LogP contribution >= 0.6 is 0 Å². The van der Waals surface area contributed by atoms with Gasteiger partial charge in [0, 0.05) is 38.6 Å². The lowest BCUT2D eigenvalue weighted by Crippen LogP contribution is -2.42. The van der Waals surface area contributed by atoms with Crippen LogP contribution in [0.1, 0.15) is 38.1 Å². The molecule has 27 heavy (non-hydrogen) atoms. The first kappa shape index (κ1) is 22.2. The Balaban J connectivity index is 2.29. The second-order valence-electron chi connectivity index (χ2n) is 6.61. The summed E-state index contributed by atoms with van der Waals surface area (Å²) in [6.45, 7) is 9.81. The first-order valence-electron chi connectivity index (χ1n) is 8.99. The van der Waals surface area contributed by atoms with Gasteiger partial charge < -0.3 is 26.0 Å². The van der Waals surface area contributed by atoms with Crippen molar-refractivity contribution < 1.29 is 14.3 Å². The van der Waals surface area contributed by atoms with Crippen molar-refractivity contribution in [3.8, 4) is 0 Å². The summed E-state index contributed by atoms with van der Waals surface area (Å²) in [6.07, 6.45) is 2.68. The van der Waals surface area contributed by atoms with Gasteiger partial charge in [-0.05, 0) is 39.8 Å². The molecule has 0 radical (unpaired) electrons. The van der Waals surface area contributed by atoms with Crippen LogP contribution in [0.15, 0.2) is 29.5 Å². The predicted molar refractivity (Wildman–Crippen MR) is 105 cm³/mol. The quantitative estimate of drug-likeness (QED) is 0.303. The molecule has 0 atom stereocenters. The molecular weight excluding hydrogens is 348 g/mol. The minimum atomic E-state index is -0.520. The Labute approximate surface area is 160 Å². The van der Waals surface area contributed by atoms with Gasteiger partial charge >= 0.3 is 6.09 Å². The molecule has 0 spiro atoms. The van der Waals surface area contributed by atoms with Gasteiger partial charge in [0.1, 0.15) is 5.60 Å². The molecule has 1 heterocycles. The standard InChI is InChI=1S/C18H30N6O3/c1-5-20-16(23-11-12-24-17(26)27-18(2,3)4)22-10-9-21-15(25)14-7-6-8-19-13-14/h6-8,13H,5,9-12H2,1-4H3,(H,21,25)(H,24,26)(H2,20,22,23). The van der Waals surface area contributed by atoms with E-state index in [-0.39, 0.29) is 5.91 Å². The molecule has 0 saturated carbocycles. The van der Waals surface area contributed by atoms with Crippen molar-refractivity contribution in [1.29, 1.82) is 0 Å². The van der Waals surface area contributed by atoms with Crippen molar-refractivity contribution in [2.75, 3.05) is 32.7 Å². The molecular formula is C18H30N6O3. The van der Waals surface area contributed by atoms with Gasteiger partial charge in [0.15, 0.2) is 5.96 Å². The minimum absolute atomic E-state index is 0.183. The third-order valence-electron chi connectivity index (χ3n) is 3.02. The summed E-state index contributed by atoms with van der Waals surface area (Å²) in [5.74, 6) is 0.428. The fourth-order valence-corrected chi connectivity index (χ4v) is 1.94. The highest BCUT2D eigenvalue weighted by Crippen LogP contribution is 2.05. The molecule has 0 unspecified atom stereocenters. The Morgan fingerprint density at radius 3 is 2.48 bits per heavy atom. The van der Waals surface area contributed by atoms with E-state index in [2.05, 4.69) is 31.2 Å². The number of aliphatic imine (C=N–C) groups is 1. The van der Waals surface area contributed by atoms with Gasteiger partial charge in [0.05, 0.1) is 12.1 Å². The zero-order valence-corrected chi connectivity index (χ0v) is 16.5. The van der Waals surface area contributed by atoms with Crippen molar-refractivity contribution in [3.63, 3.8) is 0 Å². The average Bonchev–Trinajstić information content (AvgIpc) is 2.61. The van der Waals surface area contributed by atoms with Gasteiger partial charge in [-0.2, -0.15) is 0 Å². The van der Waals surface area contributed by atoms with E-state index in [1.54, 1.807) is 18.3 Å². The summed E-state index contributed by atoms with van der Waals surface area (Å²) in [5.41, 5.74) is -0.00606. The number of aromatic nitrogens is 1. The maximum atomic E-state index is 11.9. The number of amides is 2. The molecule has 0 aliphatic carbocycles. The molecule has 4 N–H and O–H groups in total. The van der Waals surface area contributed by atoms with Gasteiger partial charge in [0.25, 0.3) is 5.91 Å². The molecule has 2 amide bonds. The normalized spacial score (nSPS) is 11.5. The first-order chi connectivity index (χ1) is 12.8. The molecule has 150 valence electrons. The maximum absolute atomic E-state index is 11.9. The maximum Gasteiger partial charge on any atom is 0.407 e. The molecule has 0 aromatic carbocycles. The molecule has 0 aliphatic rings. The smallest absolute Gasteiger partial charge is 0.407 e. The van der Waals surface area contributed by atoms with Crippen LogP contribution in [0.2, 0.25) is 0 Å². The lowest BCUT2D eigenvalue weighted by Gasteiger charge is -2.19. The third-order valence-corrected chi connectivity index (χ3v) is 3.02. The van der Waals surface area contributed by atoms with E-state index in [1.165, 1.54) is 6.20 Å². The molecule has 1 aromatic heterocycles. The van der Waals surface area contributed by atoms with Gasteiger partial charge in [0.2, 0.25) is 0 Å². The second-order valence-corrected chi connectivity index (χ2v) is 6.61. The summed E-state index contributed by atoms with van der Waals surface area (Å²) in [5, 5.41) is 11.7. The molecule has 0 aliphatic heterocycles. The zero-order valence-electron chi connectivity index (χ0n) is 16.5. The summed E-state index contributed by atoms with van der Waals surface area (Å²) < 4.78 is 5.16. The number of alkyl carbamates (subject to hydrolysis) is 1. The Bertz CT molecular complexity index is 613. The Morgan fingerprint density at radius 2 is 1.85 bits per heavy atom. The number of nitrogens with one attached hydrogen (secondary N) is 4. The van der Waals surface area contributed by atoms with Crippen molar-refractivity contribution in [1.82, 2.24) is 26.3 Å². The monoisotopic (exact) mass is 378 g/mol. The summed E-state index contributed by atoms with van der Waals surface area (Å²) >= 11 is 0. The molecule has 0 bridgehead atoms. The fourth-order valence-electron chi connectivity index (χ4n) is 1.94. The zero-order chi connectivity index (χ0) is 20.1. The van der Waals surface area contributed by atoms with E-state index in [0.717, 1.165) is 0 Å².